The van der Waals surface area contributed by atoms with Crippen LogP contribution in [0, 0.1) is 15.9 Å². The SMILES string of the molecule is CCOc1cc(/C=N/NC(=O)Cc2ccc(F)cc2)ccc1OCc1cccc([N+](=O)[O-])c1. The number of amides is 1. The van der Waals surface area contributed by atoms with Gasteiger partial charge in [-0.3, -0.25) is 14.9 Å². The lowest BCUT2D eigenvalue weighted by atomic mass is 10.1. The molecule has 3 rings (SSSR count). The van der Waals surface area contributed by atoms with E-state index in [9.17, 15) is 19.3 Å². The van der Waals surface area contributed by atoms with Crippen molar-refractivity contribution in [1.29, 1.82) is 0 Å². The maximum atomic E-state index is 12.9. The molecule has 1 N–H and O–H groups in total. The van der Waals surface area contributed by atoms with E-state index in [-0.39, 0.29) is 30.4 Å². The number of hydrogen-bond acceptors (Lipinski definition) is 6. The van der Waals surface area contributed by atoms with Crippen LogP contribution in [0.1, 0.15) is 23.6 Å². The first kappa shape index (κ1) is 23.4. The summed E-state index contributed by atoms with van der Waals surface area (Å²) >= 11 is 0. The third-order valence-corrected chi connectivity index (χ3v) is 4.46. The standard InChI is InChI=1S/C24H22FN3O5/c1-2-32-23-13-18(15-26-27-24(29)14-17-6-9-20(25)10-7-17)8-11-22(23)33-16-19-4-3-5-21(12-19)28(30)31/h3-13,15H,2,14,16H2,1H3,(H,27,29)/b26-15+. The smallest absolute Gasteiger partial charge is 0.269 e. The maximum Gasteiger partial charge on any atom is 0.269 e. The predicted octanol–water partition coefficient (Wildman–Crippen LogP) is 4.40. The minimum absolute atomic E-state index is 0.00540. The highest BCUT2D eigenvalue weighted by Gasteiger charge is 2.09. The minimum Gasteiger partial charge on any atom is -0.490 e. The van der Waals surface area contributed by atoms with Crippen LogP contribution in [0.2, 0.25) is 0 Å². The number of non-ortho nitro benzene ring substituents is 1. The van der Waals surface area contributed by atoms with E-state index in [0.29, 0.717) is 34.8 Å². The molecule has 0 aliphatic carbocycles. The molecule has 0 saturated heterocycles. The van der Waals surface area contributed by atoms with Crippen molar-refractivity contribution in [2.75, 3.05) is 6.61 Å². The van der Waals surface area contributed by atoms with Crippen molar-refractivity contribution in [1.82, 2.24) is 5.43 Å². The van der Waals surface area contributed by atoms with Crippen LogP contribution in [0.15, 0.2) is 71.8 Å². The number of benzene rings is 3. The molecule has 3 aromatic rings. The Morgan fingerprint density at radius 2 is 1.85 bits per heavy atom. The molecule has 0 aliphatic rings. The van der Waals surface area contributed by atoms with Gasteiger partial charge < -0.3 is 9.47 Å². The molecular weight excluding hydrogens is 429 g/mol. The number of nitro benzene ring substituents is 1. The highest BCUT2D eigenvalue weighted by atomic mass is 19.1. The lowest BCUT2D eigenvalue weighted by molar-refractivity contribution is -0.384. The number of carbonyl (C=O) groups excluding carboxylic acids is 1. The molecule has 8 nitrogen and oxygen atoms in total. The monoisotopic (exact) mass is 451 g/mol. The summed E-state index contributed by atoms with van der Waals surface area (Å²) in [6.07, 6.45) is 1.54. The van der Waals surface area contributed by atoms with E-state index in [1.165, 1.54) is 30.5 Å². The largest absolute Gasteiger partial charge is 0.490 e. The average Bonchev–Trinajstić information content (AvgIpc) is 2.80. The van der Waals surface area contributed by atoms with E-state index in [0.717, 1.165) is 0 Å². The Labute approximate surface area is 189 Å². The molecule has 0 aromatic heterocycles. The summed E-state index contributed by atoms with van der Waals surface area (Å²) in [6, 6.07) is 17.0. The Kier molecular flexibility index (Phi) is 8.07. The normalized spacial score (nSPS) is 10.7. The molecule has 0 unspecified atom stereocenters. The van der Waals surface area contributed by atoms with Gasteiger partial charge in [-0.25, -0.2) is 9.82 Å². The van der Waals surface area contributed by atoms with Crippen molar-refractivity contribution in [3.63, 3.8) is 0 Å². The number of hydrogen-bond donors (Lipinski definition) is 1. The van der Waals surface area contributed by atoms with Crippen molar-refractivity contribution < 1.29 is 23.6 Å². The number of rotatable bonds is 10. The first-order chi connectivity index (χ1) is 15.9. The molecule has 170 valence electrons. The highest BCUT2D eigenvalue weighted by Crippen LogP contribution is 2.29. The van der Waals surface area contributed by atoms with Gasteiger partial charge in [0.2, 0.25) is 5.91 Å². The maximum absolute atomic E-state index is 12.9. The molecular formula is C24H22FN3O5. The molecule has 0 atom stereocenters. The summed E-state index contributed by atoms with van der Waals surface area (Å²) in [7, 11) is 0. The zero-order valence-corrected chi connectivity index (χ0v) is 17.9. The van der Waals surface area contributed by atoms with Crippen LogP contribution in [-0.4, -0.2) is 23.7 Å². The van der Waals surface area contributed by atoms with Crippen LogP contribution >= 0.6 is 0 Å². The van der Waals surface area contributed by atoms with Crippen LogP contribution in [0.5, 0.6) is 11.5 Å². The zero-order valence-electron chi connectivity index (χ0n) is 17.9. The van der Waals surface area contributed by atoms with Crippen LogP contribution in [-0.2, 0) is 17.8 Å². The average molecular weight is 451 g/mol. The lowest BCUT2D eigenvalue weighted by Crippen LogP contribution is -2.19. The van der Waals surface area contributed by atoms with Crippen molar-refractivity contribution in [2.24, 2.45) is 5.10 Å². The first-order valence-corrected chi connectivity index (χ1v) is 10.1. The second-order valence-electron chi connectivity index (χ2n) is 6.95. The molecule has 9 heteroatoms. The second kappa shape index (κ2) is 11.4. The van der Waals surface area contributed by atoms with Crippen LogP contribution < -0.4 is 14.9 Å². The van der Waals surface area contributed by atoms with Crippen LogP contribution in [0.4, 0.5) is 10.1 Å². The molecule has 33 heavy (non-hydrogen) atoms. The van der Waals surface area contributed by atoms with E-state index in [1.54, 1.807) is 42.5 Å². The van der Waals surface area contributed by atoms with Gasteiger partial charge in [0.25, 0.3) is 5.69 Å². The number of nitrogens with zero attached hydrogens (tertiary/aromatic N) is 2. The van der Waals surface area contributed by atoms with Gasteiger partial charge in [-0.2, -0.15) is 5.10 Å². The minimum atomic E-state index is -0.457. The molecule has 0 radical (unpaired) electrons. The zero-order chi connectivity index (χ0) is 23.6. The highest BCUT2D eigenvalue weighted by molar-refractivity contribution is 5.84. The number of hydrazone groups is 1. The van der Waals surface area contributed by atoms with Gasteiger partial charge in [0.15, 0.2) is 11.5 Å². The summed E-state index contributed by atoms with van der Waals surface area (Å²) < 4.78 is 24.4. The van der Waals surface area contributed by atoms with E-state index in [2.05, 4.69) is 10.5 Å². The van der Waals surface area contributed by atoms with Gasteiger partial charge >= 0.3 is 0 Å². The van der Waals surface area contributed by atoms with Gasteiger partial charge in [-0.1, -0.05) is 24.3 Å². The number of carbonyl (C=O) groups is 1. The quantitative estimate of drug-likeness (QED) is 0.280. The molecule has 0 aliphatic heterocycles. The van der Waals surface area contributed by atoms with Crippen molar-refractivity contribution >= 4 is 17.8 Å². The van der Waals surface area contributed by atoms with E-state index < -0.39 is 4.92 Å². The molecule has 0 heterocycles. The van der Waals surface area contributed by atoms with E-state index in [1.807, 2.05) is 6.92 Å². The van der Waals surface area contributed by atoms with Crippen molar-refractivity contribution in [3.8, 4) is 11.5 Å². The molecule has 0 saturated carbocycles. The first-order valence-electron chi connectivity index (χ1n) is 10.1. The third kappa shape index (κ3) is 7.13. The van der Waals surface area contributed by atoms with Crippen LogP contribution in [0.3, 0.4) is 0 Å². The second-order valence-corrected chi connectivity index (χ2v) is 6.95. The summed E-state index contributed by atoms with van der Waals surface area (Å²) in [6.45, 7) is 2.37. The Balaban J connectivity index is 1.61. The summed E-state index contributed by atoms with van der Waals surface area (Å²) in [5.41, 5.74) is 4.42. The number of nitrogens with one attached hydrogen (secondary N) is 1. The summed E-state index contributed by atoms with van der Waals surface area (Å²) in [5, 5.41) is 14.9. The Morgan fingerprint density at radius 1 is 1.06 bits per heavy atom. The fourth-order valence-corrected chi connectivity index (χ4v) is 2.92. The van der Waals surface area contributed by atoms with Crippen LogP contribution in [0.25, 0.3) is 0 Å². The van der Waals surface area contributed by atoms with Gasteiger partial charge in [-0.15, -0.1) is 0 Å². The Bertz CT molecular complexity index is 1150. The van der Waals surface area contributed by atoms with Gasteiger partial charge in [-0.05, 0) is 53.9 Å². The molecule has 0 fully saturated rings. The Morgan fingerprint density at radius 3 is 2.58 bits per heavy atom. The van der Waals surface area contributed by atoms with Gasteiger partial charge in [0.05, 0.1) is 24.2 Å². The fourth-order valence-electron chi connectivity index (χ4n) is 2.92. The number of halogens is 1. The van der Waals surface area contributed by atoms with E-state index >= 15 is 0 Å². The predicted molar refractivity (Wildman–Crippen MR) is 121 cm³/mol. The topological polar surface area (TPSA) is 103 Å². The summed E-state index contributed by atoms with van der Waals surface area (Å²) in [5.74, 6) is 0.255. The third-order valence-electron chi connectivity index (χ3n) is 4.46. The number of ether oxygens (including phenoxy) is 2. The number of nitro groups is 1. The van der Waals surface area contributed by atoms with Crippen molar-refractivity contribution in [3.05, 3.63) is 99.4 Å². The lowest BCUT2D eigenvalue weighted by Gasteiger charge is -2.12. The molecule has 1 amide bonds. The van der Waals surface area contributed by atoms with Gasteiger partial charge in [0, 0.05) is 12.1 Å². The Hall–Kier alpha value is -4.27. The summed E-state index contributed by atoms with van der Waals surface area (Å²) in [4.78, 5) is 22.5. The van der Waals surface area contributed by atoms with Gasteiger partial charge in [0.1, 0.15) is 12.4 Å². The molecule has 0 bridgehead atoms. The fraction of sp³-hybridized carbons (Fsp3) is 0.167. The van der Waals surface area contributed by atoms with Crippen molar-refractivity contribution in [2.45, 2.75) is 20.0 Å². The molecule has 0 spiro atoms. The molecule has 3 aromatic carbocycles. The van der Waals surface area contributed by atoms with E-state index in [4.69, 9.17) is 9.47 Å².